The van der Waals surface area contributed by atoms with Gasteiger partial charge in [0, 0.05) is 5.56 Å². The van der Waals surface area contributed by atoms with Gasteiger partial charge in [-0.05, 0) is 31.4 Å². The summed E-state index contributed by atoms with van der Waals surface area (Å²) < 4.78 is 0. The van der Waals surface area contributed by atoms with E-state index in [2.05, 4.69) is 6.92 Å². The fraction of sp³-hybridized carbons (Fsp3) is 0.667. The quantitative estimate of drug-likeness (QED) is 0.384. The van der Waals surface area contributed by atoms with Crippen molar-refractivity contribution in [2.24, 2.45) is 0 Å². The smallest absolute Gasteiger partial charge is 0.339 e. The van der Waals surface area contributed by atoms with Crippen LogP contribution in [0.4, 0.5) is 0 Å². The molecule has 3 N–H and O–H groups in total. The number of aryl methyl sites for hydroxylation is 1. The molecule has 0 aliphatic rings. The van der Waals surface area contributed by atoms with Crippen LogP contribution in [0.15, 0.2) is 6.07 Å². The summed E-state index contributed by atoms with van der Waals surface area (Å²) >= 11 is 0. The zero-order valence-corrected chi connectivity index (χ0v) is 15.8. The third kappa shape index (κ3) is 7.37. The second-order valence-corrected chi connectivity index (χ2v) is 7.01. The van der Waals surface area contributed by atoms with E-state index >= 15 is 0 Å². The average Bonchev–Trinajstić information content (AvgIpc) is 2.54. The summed E-state index contributed by atoms with van der Waals surface area (Å²) in [5, 5.41) is 29.3. The summed E-state index contributed by atoms with van der Waals surface area (Å²) in [6.45, 7) is 3.81. The summed E-state index contributed by atoms with van der Waals surface area (Å²) in [5.74, 6) is -1.45. The lowest BCUT2D eigenvalue weighted by Gasteiger charge is -2.12. The summed E-state index contributed by atoms with van der Waals surface area (Å²) in [7, 11) is 0. The molecule has 0 aliphatic heterocycles. The Morgan fingerprint density at radius 1 is 0.880 bits per heavy atom. The standard InChI is InChI=1S/C21H34O4/c1-3-4-5-6-7-8-9-10-11-12-13-14-17-18(22)15-16(2)19(20(17)23)21(24)25/h15,22-23H,3-14H2,1-2H3,(H,24,25). The van der Waals surface area contributed by atoms with Gasteiger partial charge in [-0.15, -0.1) is 0 Å². The number of aromatic hydroxyl groups is 2. The lowest BCUT2D eigenvalue weighted by molar-refractivity contribution is 0.0692. The van der Waals surface area contributed by atoms with E-state index in [-0.39, 0.29) is 17.1 Å². The molecular formula is C21H34O4. The van der Waals surface area contributed by atoms with Crippen LogP contribution in [0.3, 0.4) is 0 Å². The molecule has 0 unspecified atom stereocenters. The average molecular weight is 350 g/mol. The lowest BCUT2D eigenvalue weighted by atomic mass is 9.97. The van der Waals surface area contributed by atoms with Crippen molar-refractivity contribution in [3.8, 4) is 11.5 Å². The molecule has 0 fully saturated rings. The number of carbonyl (C=O) groups is 1. The van der Waals surface area contributed by atoms with Crippen LogP contribution >= 0.6 is 0 Å². The molecule has 0 bridgehead atoms. The second kappa shape index (κ2) is 11.8. The van der Waals surface area contributed by atoms with Crippen LogP contribution < -0.4 is 0 Å². The first-order chi connectivity index (χ1) is 12.0. The van der Waals surface area contributed by atoms with E-state index in [1.54, 1.807) is 6.92 Å². The van der Waals surface area contributed by atoms with E-state index in [0.717, 1.165) is 19.3 Å². The third-order valence-electron chi connectivity index (χ3n) is 4.82. The number of benzene rings is 1. The first-order valence-corrected chi connectivity index (χ1v) is 9.76. The Morgan fingerprint density at radius 2 is 1.36 bits per heavy atom. The predicted molar refractivity (Wildman–Crippen MR) is 102 cm³/mol. The maximum absolute atomic E-state index is 11.2. The molecule has 0 aliphatic carbocycles. The Labute approximate surface area is 151 Å². The summed E-state index contributed by atoms with van der Waals surface area (Å²) in [5.41, 5.74) is 0.639. The van der Waals surface area contributed by atoms with Gasteiger partial charge in [0.1, 0.15) is 17.1 Å². The number of carboxylic acid groups (broad SMARTS) is 1. The molecule has 0 saturated heterocycles. The Hall–Kier alpha value is -1.71. The molecule has 142 valence electrons. The Kier molecular flexibility index (Phi) is 10.0. The molecule has 1 aromatic carbocycles. The van der Waals surface area contributed by atoms with Crippen molar-refractivity contribution in [3.05, 3.63) is 22.8 Å². The van der Waals surface area contributed by atoms with Crippen molar-refractivity contribution in [1.29, 1.82) is 0 Å². The number of hydrogen-bond acceptors (Lipinski definition) is 3. The molecule has 1 rings (SSSR count). The summed E-state index contributed by atoms with van der Waals surface area (Å²) in [4.78, 5) is 11.2. The summed E-state index contributed by atoms with van der Waals surface area (Å²) in [6.07, 6.45) is 14.0. The molecule has 0 atom stereocenters. The van der Waals surface area contributed by atoms with Crippen LogP contribution in [-0.4, -0.2) is 21.3 Å². The molecule has 4 heteroatoms. The van der Waals surface area contributed by atoms with Gasteiger partial charge in [-0.3, -0.25) is 0 Å². The van der Waals surface area contributed by atoms with Crippen molar-refractivity contribution in [2.75, 3.05) is 0 Å². The monoisotopic (exact) mass is 350 g/mol. The maximum atomic E-state index is 11.2. The minimum atomic E-state index is -1.16. The van der Waals surface area contributed by atoms with Gasteiger partial charge >= 0.3 is 5.97 Å². The lowest BCUT2D eigenvalue weighted by Crippen LogP contribution is -2.03. The number of phenolic OH excluding ortho intramolecular Hbond substituents is 1. The molecule has 0 spiro atoms. The highest BCUT2D eigenvalue weighted by Crippen LogP contribution is 2.34. The molecule has 0 aromatic heterocycles. The largest absolute Gasteiger partial charge is 0.508 e. The fourth-order valence-electron chi connectivity index (χ4n) is 3.31. The van der Waals surface area contributed by atoms with Crippen molar-refractivity contribution in [2.45, 2.75) is 90.9 Å². The number of carboxylic acids is 1. The SMILES string of the molecule is CCCCCCCCCCCCCc1c(O)cc(C)c(C(=O)O)c1O. The van der Waals surface area contributed by atoms with Gasteiger partial charge in [-0.25, -0.2) is 4.79 Å². The molecular weight excluding hydrogens is 316 g/mol. The zero-order valence-electron chi connectivity index (χ0n) is 15.8. The van der Waals surface area contributed by atoms with Crippen LogP contribution in [-0.2, 0) is 6.42 Å². The molecule has 0 amide bonds. The molecule has 0 saturated carbocycles. The highest BCUT2D eigenvalue weighted by molar-refractivity contribution is 5.93. The Morgan fingerprint density at radius 3 is 1.84 bits per heavy atom. The molecule has 0 heterocycles. The maximum Gasteiger partial charge on any atom is 0.339 e. The second-order valence-electron chi connectivity index (χ2n) is 7.01. The van der Waals surface area contributed by atoms with Crippen molar-refractivity contribution >= 4 is 5.97 Å². The van der Waals surface area contributed by atoms with E-state index in [0.29, 0.717) is 17.5 Å². The first-order valence-electron chi connectivity index (χ1n) is 9.76. The van der Waals surface area contributed by atoms with E-state index in [1.165, 1.54) is 57.4 Å². The first kappa shape index (κ1) is 21.3. The van der Waals surface area contributed by atoms with Crippen LogP contribution in [0.5, 0.6) is 11.5 Å². The molecule has 1 aromatic rings. The molecule has 25 heavy (non-hydrogen) atoms. The van der Waals surface area contributed by atoms with Gasteiger partial charge in [0.15, 0.2) is 0 Å². The topological polar surface area (TPSA) is 77.8 Å². The van der Waals surface area contributed by atoms with E-state index in [1.807, 2.05) is 0 Å². The van der Waals surface area contributed by atoms with Crippen LogP contribution in [0.1, 0.15) is 99.0 Å². The van der Waals surface area contributed by atoms with Gasteiger partial charge in [-0.1, -0.05) is 71.1 Å². The zero-order chi connectivity index (χ0) is 18.7. The van der Waals surface area contributed by atoms with Crippen molar-refractivity contribution in [3.63, 3.8) is 0 Å². The highest BCUT2D eigenvalue weighted by Gasteiger charge is 2.19. The molecule has 0 radical (unpaired) electrons. The van der Waals surface area contributed by atoms with E-state index in [9.17, 15) is 20.1 Å². The summed E-state index contributed by atoms with van der Waals surface area (Å²) in [6, 6.07) is 1.43. The highest BCUT2D eigenvalue weighted by atomic mass is 16.4. The van der Waals surface area contributed by atoms with Gasteiger partial charge < -0.3 is 15.3 Å². The molecule has 4 nitrogen and oxygen atoms in total. The predicted octanol–water partition coefficient (Wildman–Crippen LogP) is 5.96. The number of aromatic carboxylic acids is 1. The Balaban J connectivity index is 2.26. The van der Waals surface area contributed by atoms with Crippen LogP contribution in [0.25, 0.3) is 0 Å². The number of phenols is 2. The van der Waals surface area contributed by atoms with E-state index in [4.69, 9.17) is 0 Å². The minimum absolute atomic E-state index is 0.00733. The van der Waals surface area contributed by atoms with Crippen LogP contribution in [0, 0.1) is 6.92 Å². The minimum Gasteiger partial charge on any atom is -0.508 e. The normalized spacial score (nSPS) is 11.0. The number of rotatable bonds is 13. The van der Waals surface area contributed by atoms with E-state index < -0.39 is 5.97 Å². The van der Waals surface area contributed by atoms with Gasteiger partial charge in [0.05, 0.1) is 0 Å². The third-order valence-corrected chi connectivity index (χ3v) is 4.82. The van der Waals surface area contributed by atoms with Crippen LogP contribution in [0.2, 0.25) is 0 Å². The fourth-order valence-corrected chi connectivity index (χ4v) is 3.31. The van der Waals surface area contributed by atoms with Gasteiger partial charge in [0.2, 0.25) is 0 Å². The Bertz CT molecular complexity index is 537. The van der Waals surface area contributed by atoms with Gasteiger partial charge in [-0.2, -0.15) is 0 Å². The van der Waals surface area contributed by atoms with Crippen molar-refractivity contribution < 1.29 is 20.1 Å². The number of unbranched alkanes of at least 4 members (excludes halogenated alkanes) is 10. The van der Waals surface area contributed by atoms with Gasteiger partial charge in [0.25, 0.3) is 0 Å². The number of hydrogen-bond donors (Lipinski definition) is 3. The van der Waals surface area contributed by atoms with Crippen molar-refractivity contribution in [1.82, 2.24) is 0 Å².